The summed E-state index contributed by atoms with van der Waals surface area (Å²) in [4.78, 5) is 9.80. The summed E-state index contributed by atoms with van der Waals surface area (Å²) in [6.45, 7) is 1.45. The summed E-state index contributed by atoms with van der Waals surface area (Å²) in [6, 6.07) is 1.04. The zero-order valence-corrected chi connectivity index (χ0v) is 9.51. The van der Waals surface area contributed by atoms with Gasteiger partial charge in [-0.05, 0) is 12.5 Å². The van der Waals surface area contributed by atoms with Gasteiger partial charge >= 0.3 is 6.18 Å². The van der Waals surface area contributed by atoms with Gasteiger partial charge < -0.3 is 5.73 Å². The number of hydrogen-bond acceptors (Lipinski definition) is 3. The Kier molecular flexibility index (Phi) is 4.91. The first-order valence-electron chi connectivity index (χ1n) is 4.30. The highest BCUT2D eigenvalue weighted by atomic mass is 35.5. The molecule has 0 saturated carbocycles. The fourth-order valence-corrected chi connectivity index (χ4v) is 1.21. The second-order valence-corrected chi connectivity index (χ2v) is 3.32. The zero-order valence-electron chi connectivity index (χ0n) is 8.69. The Labute approximate surface area is 101 Å². The number of benzene rings is 1. The average Bonchev–Trinajstić information content (AvgIpc) is 2.15. The van der Waals surface area contributed by atoms with Crippen molar-refractivity contribution < 1.29 is 18.1 Å². The minimum Gasteiger partial charge on any atom is -0.316 e. The van der Waals surface area contributed by atoms with E-state index >= 15 is 0 Å². The summed E-state index contributed by atoms with van der Waals surface area (Å²) in [5.74, 6) is 0. The summed E-state index contributed by atoms with van der Waals surface area (Å²) in [5, 5.41) is 10.5. The maximum Gasteiger partial charge on any atom is 0.407 e. The number of alkyl halides is 3. The fourth-order valence-electron chi connectivity index (χ4n) is 1.21. The first kappa shape index (κ1) is 15.7. The molecule has 0 heterocycles. The van der Waals surface area contributed by atoms with Gasteiger partial charge in [0.1, 0.15) is 6.04 Å². The van der Waals surface area contributed by atoms with E-state index in [0.717, 1.165) is 12.1 Å². The lowest BCUT2D eigenvalue weighted by Crippen LogP contribution is -2.28. The van der Waals surface area contributed by atoms with E-state index in [2.05, 4.69) is 0 Å². The average molecular weight is 271 g/mol. The summed E-state index contributed by atoms with van der Waals surface area (Å²) in [7, 11) is 0. The van der Waals surface area contributed by atoms with Gasteiger partial charge in [0.05, 0.1) is 4.92 Å². The molecule has 0 fully saturated rings. The number of rotatable bonds is 2. The number of nitro benzene ring substituents is 1. The van der Waals surface area contributed by atoms with Crippen LogP contribution >= 0.6 is 12.4 Å². The predicted octanol–water partition coefficient (Wildman–Crippen LogP) is 2.89. The van der Waals surface area contributed by atoms with Crippen LogP contribution in [0.25, 0.3) is 0 Å². The topological polar surface area (TPSA) is 69.2 Å². The van der Waals surface area contributed by atoms with Gasteiger partial charge in [-0.25, -0.2) is 0 Å². The third-order valence-corrected chi connectivity index (χ3v) is 2.14. The van der Waals surface area contributed by atoms with E-state index in [4.69, 9.17) is 5.73 Å². The molecule has 0 saturated heterocycles. The number of halogens is 4. The number of aryl methyl sites for hydroxylation is 1. The van der Waals surface area contributed by atoms with Crippen LogP contribution in [0, 0.1) is 17.0 Å². The first-order chi connectivity index (χ1) is 7.23. The predicted molar refractivity (Wildman–Crippen MR) is 58.1 cm³/mol. The summed E-state index contributed by atoms with van der Waals surface area (Å²) in [5.41, 5.74) is 4.56. The molecule has 0 aliphatic rings. The van der Waals surface area contributed by atoms with Gasteiger partial charge in [-0.1, -0.05) is 12.1 Å². The van der Waals surface area contributed by atoms with E-state index in [1.807, 2.05) is 0 Å². The molecule has 0 spiro atoms. The van der Waals surface area contributed by atoms with Crippen molar-refractivity contribution in [3.05, 3.63) is 39.4 Å². The number of nitro groups is 1. The van der Waals surface area contributed by atoms with Gasteiger partial charge in [0.25, 0.3) is 5.69 Å². The second-order valence-electron chi connectivity index (χ2n) is 3.32. The Bertz CT molecular complexity index is 423. The van der Waals surface area contributed by atoms with Gasteiger partial charge in [0, 0.05) is 11.6 Å². The van der Waals surface area contributed by atoms with Crippen LogP contribution in [-0.2, 0) is 0 Å². The molecule has 1 rings (SSSR count). The first-order valence-corrected chi connectivity index (χ1v) is 4.30. The molecule has 0 aliphatic carbocycles. The summed E-state index contributed by atoms with van der Waals surface area (Å²) >= 11 is 0. The molecule has 1 atom stereocenters. The number of nitrogens with two attached hydrogens (primary N) is 1. The molecule has 2 N–H and O–H groups in total. The molecule has 0 aromatic heterocycles. The fraction of sp³-hybridized carbons (Fsp3) is 0.333. The van der Waals surface area contributed by atoms with E-state index in [1.54, 1.807) is 0 Å². The molecule has 1 aromatic carbocycles. The molecule has 0 bridgehead atoms. The lowest BCUT2D eigenvalue weighted by Gasteiger charge is -2.15. The quantitative estimate of drug-likeness (QED) is 0.663. The van der Waals surface area contributed by atoms with Crippen LogP contribution in [0.3, 0.4) is 0 Å². The molecule has 0 radical (unpaired) electrons. The van der Waals surface area contributed by atoms with Crippen LogP contribution in [0.15, 0.2) is 18.2 Å². The monoisotopic (exact) mass is 270 g/mol. The molecule has 0 unspecified atom stereocenters. The third-order valence-electron chi connectivity index (χ3n) is 2.14. The summed E-state index contributed by atoms with van der Waals surface area (Å²) in [6.07, 6.45) is -4.61. The normalized spacial score (nSPS) is 12.8. The van der Waals surface area contributed by atoms with E-state index in [9.17, 15) is 23.3 Å². The van der Waals surface area contributed by atoms with Crippen molar-refractivity contribution in [3.8, 4) is 0 Å². The smallest absolute Gasteiger partial charge is 0.316 e. The minimum atomic E-state index is -4.61. The molecule has 17 heavy (non-hydrogen) atoms. The standard InChI is InChI=1S/C9H9F3N2O2.ClH/c1-5-2-3-6(4-7(5)14(15)16)8(13)9(10,11)12;/h2-4,8H,13H2,1H3;1H/t8-;/m1./s1. The number of hydrogen-bond donors (Lipinski definition) is 1. The lowest BCUT2D eigenvalue weighted by atomic mass is 10.0. The largest absolute Gasteiger partial charge is 0.407 e. The molecular weight excluding hydrogens is 261 g/mol. The molecule has 0 aliphatic heterocycles. The van der Waals surface area contributed by atoms with Crippen molar-refractivity contribution in [1.29, 1.82) is 0 Å². The van der Waals surface area contributed by atoms with Crippen molar-refractivity contribution in [2.24, 2.45) is 5.73 Å². The van der Waals surface area contributed by atoms with Gasteiger partial charge in [-0.15, -0.1) is 12.4 Å². The molecule has 4 nitrogen and oxygen atoms in total. The molecule has 0 amide bonds. The summed E-state index contributed by atoms with van der Waals surface area (Å²) < 4.78 is 36.8. The van der Waals surface area contributed by atoms with Crippen LogP contribution in [0.5, 0.6) is 0 Å². The molecule has 1 aromatic rings. The van der Waals surface area contributed by atoms with E-state index in [-0.39, 0.29) is 23.7 Å². The van der Waals surface area contributed by atoms with Crippen molar-refractivity contribution in [2.45, 2.75) is 19.1 Å². The Morgan fingerprint density at radius 3 is 2.35 bits per heavy atom. The lowest BCUT2D eigenvalue weighted by molar-refractivity contribution is -0.385. The van der Waals surface area contributed by atoms with E-state index in [0.29, 0.717) is 5.56 Å². The third kappa shape index (κ3) is 3.57. The van der Waals surface area contributed by atoms with Gasteiger partial charge in [-0.2, -0.15) is 13.2 Å². The number of nitrogens with zero attached hydrogens (tertiary/aromatic N) is 1. The van der Waals surface area contributed by atoms with E-state index < -0.39 is 17.1 Å². The van der Waals surface area contributed by atoms with Crippen LogP contribution < -0.4 is 5.73 Å². The highest BCUT2D eigenvalue weighted by molar-refractivity contribution is 5.85. The van der Waals surface area contributed by atoms with Gasteiger partial charge in [0.15, 0.2) is 0 Å². The van der Waals surface area contributed by atoms with Crippen LogP contribution in [0.4, 0.5) is 18.9 Å². The molecule has 8 heteroatoms. The van der Waals surface area contributed by atoms with Crippen molar-refractivity contribution in [2.75, 3.05) is 0 Å². The minimum absolute atomic E-state index is 0. The molecular formula is C9H10ClF3N2O2. The Morgan fingerprint density at radius 1 is 1.41 bits per heavy atom. The maximum absolute atomic E-state index is 12.3. The van der Waals surface area contributed by atoms with Crippen LogP contribution in [0.1, 0.15) is 17.2 Å². The molecule has 96 valence electrons. The van der Waals surface area contributed by atoms with Crippen molar-refractivity contribution >= 4 is 18.1 Å². The highest BCUT2D eigenvalue weighted by Crippen LogP contribution is 2.32. The Morgan fingerprint density at radius 2 is 1.94 bits per heavy atom. The van der Waals surface area contributed by atoms with Crippen LogP contribution in [-0.4, -0.2) is 11.1 Å². The van der Waals surface area contributed by atoms with Crippen molar-refractivity contribution in [1.82, 2.24) is 0 Å². The second kappa shape index (κ2) is 5.33. The van der Waals surface area contributed by atoms with E-state index in [1.165, 1.54) is 13.0 Å². The van der Waals surface area contributed by atoms with Gasteiger partial charge in [0.2, 0.25) is 0 Å². The van der Waals surface area contributed by atoms with Crippen LogP contribution in [0.2, 0.25) is 0 Å². The highest BCUT2D eigenvalue weighted by Gasteiger charge is 2.38. The SMILES string of the molecule is Cc1ccc([C@@H](N)C(F)(F)F)cc1[N+](=O)[O-].Cl. The zero-order chi connectivity index (χ0) is 12.5. The Hall–Kier alpha value is -1.34. The Balaban J connectivity index is 0.00000256. The van der Waals surface area contributed by atoms with Gasteiger partial charge in [-0.3, -0.25) is 10.1 Å². The maximum atomic E-state index is 12.3. The van der Waals surface area contributed by atoms with Crippen molar-refractivity contribution in [3.63, 3.8) is 0 Å².